The van der Waals surface area contributed by atoms with Crippen molar-refractivity contribution in [2.75, 3.05) is 21.3 Å². The first-order valence-corrected chi connectivity index (χ1v) is 25.3. The van der Waals surface area contributed by atoms with Gasteiger partial charge in [-0.25, -0.2) is 4.79 Å². The predicted molar refractivity (Wildman–Crippen MR) is 252 cm³/mol. The molecule has 0 spiro atoms. The topological polar surface area (TPSA) is 234 Å². The molecule has 3 heterocycles. The minimum Gasteiger partial charge on any atom is -0.458 e. The maximum absolute atomic E-state index is 13.9. The molecule has 8 rings (SSSR count). The first-order valence-electron chi connectivity index (χ1n) is 25.3. The fourth-order valence-electron chi connectivity index (χ4n) is 13.8. The summed E-state index contributed by atoms with van der Waals surface area (Å²) in [5, 5.41) is 47.7. The largest absolute Gasteiger partial charge is 0.458 e. The van der Waals surface area contributed by atoms with Gasteiger partial charge in [0, 0.05) is 64.4 Å². The van der Waals surface area contributed by atoms with Crippen molar-refractivity contribution in [2.24, 2.45) is 22.7 Å². The van der Waals surface area contributed by atoms with Crippen LogP contribution in [0.4, 0.5) is 0 Å². The first kappa shape index (κ1) is 54.1. The average molecular weight is 1000 g/mol. The number of hydrogen-bond donors (Lipinski definition) is 4. The van der Waals surface area contributed by atoms with Crippen molar-refractivity contribution in [3.8, 4) is 0 Å². The Bertz CT molecular complexity index is 2120. The standard InChI is InChI=1S/C53H76O18/c1-27(54)35-20-23-53(60)51(35,7)48(67-31(5)55)46(69-38(56)17-16-32-14-12-11-13-15-32)47-50(6)21-19-34(24-33(50)18-22-52(47,53)59)68-39-25-36(61-8)43(29(3)64-39)70-40-26-37(62-9)44(30(4)65-40)71-49-42(58)45(63-10)41(57)28(2)66-49/h11-18,28-30,34-37,39-49,57-60H,19-26H2,1-10H3/b17-16+/t28-,29-,30-,34+,35-,36+,37-,39+,40+,41-,42-,43-,44-,45-,46+,47-,48-,49+,50+,51-,52+,53-/m1/s1. The number of methoxy groups -OCH3 is 3. The number of carbonyl (C=O) groups excluding carboxylic acids is 3. The highest BCUT2D eigenvalue weighted by atomic mass is 16.8. The van der Waals surface area contributed by atoms with E-state index in [0.29, 0.717) is 25.7 Å². The van der Waals surface area contributed by atoms with E-state index in [0.717, 1.165) is 11.1 Å². The molecule has 3 saturated heterocycles. The Hall–Kier alpha value is -3.21. The number of fused-ring (bicyclic) bond motifs is 5. The molecule has 0 radical (unpaired) electrons. The maximum atomic E-state index is 13.9. The van der Waals surface area contributed by atoms with Crippen molar-refractivity contribution in [1.29, 1.82) is 0 Å². The van der Waals surface area contributed by atoms with Crippen LogP contribution in [0.25, 0.3) is 6.08 Å². The van der Waals surface area contributed by atoms with Crippen LogP contribution in [0.2, 0.25) is 0 Å². The van der Waals surface area contributed by atoms with E-state index < -0.39 is 138 Å². The predicted octanol–water partition coefficient (Wildman–Crippen LogP) is 4.10. The molecule has 18 heteroatoms. The molecule has 4 aliphatic carbocycles. The van der Waals surface area contributed by atoms with E-state index in [1.54, 1.807) is 34.1 Å². The van der Waals surface area contributed by atoms with Gasteiger partial charge in [0.05, 0.1) is 36.6 Å². The van der Waals surface area contributed by atoms with E-state index >= 15 is 0 Å². The fourth-order valence-corrected chi connectivity index (χ4v) is 13.8. The summed E-state index contributed by atoms with van der Waals surface area (Å²) in [6.45, 7) is 11.8. The van der Waals surface area contributed by atoms with Gasteiger partial charge in [-0.3, -0.25) is 9.59 Å². The van der Waals surface area contributed by atoms with E-state index in [9.17, 15) is 34.8 Å². The normalized spacial score (nSPS) is 46.6. The fraction of sp³-hybridized carbons (Fsp3) is 0.755. The summed E-state index contributed by atoms with van der Waals surface area (Å²) in [4.78, 5) is 40.4. The van der Waals surface area contributed by atoms with Crippen molar-refractivity contribution >= 4 is 23.8 Å². The summed E-state index contributed by atoms with van der Waals surface area (Å²) in [7, 11) is 4.58. The summed E-state index contributed by atoms with van der Waals surface area (Å²) in [6, 6.07) is 9.24. The molecule has 0 unspecified atom stereocenters. The highest BCUT2D eigenvalue weighted by molar-refractivity contribution is 5.87. The van der Waals surface area contributed by atoms with E-state index in [4.69, 9.17) is 52.1 Å². The minimum absolute atomic E-state index is 0.00103. The van der Waals surface area contributed by atoms with Crippen molar-refractivity contribution < 1.29 is 86.9 Å². The molecule has 0 bridgehead atoms. The van der Waals surface area contributed by atoms with Crippen molar-refractivity contribution in [2.45, 2.75) is 209 Å². The van der Waals surface area contributed by atoms with Crippen LogP contribution in [-0.4, -0.2) is 169 Å². The molecule has 4 N–H and O–H groups in total. The third-order valence-electron chi connectivity index (χ3n) is 17.5. The lowest BCUT2D eigenvalue weighted by atomic mass is 9.42. The lowest BCUT2D eigenvalue weighted by molar-refractivity contribution is -0.352. The number of hydrogen-bond acceptors (Lipinski definition) is 18. The number of ketones is 1. The lowest BCUT2D eigenvalue weighted by Crippen LogP contribution is -2.80. The Morgan fingerprint density at radius 1 is 0.732 bits per heavy atom. The van der Waals surface area contributed by atoms with Gasteiger partial charge in [0.25, 0.3) is 0 Å². The lowest BCUT2D eigenvalue weighted by Gasteiger charge is -2.68. The van der Waals surface area contributed by atoms with Gasteiger partial charge < -0.3 is 72.5 Å². The third-order valence-corrected chi connectivity index (χ3v) is 17.5. The molecule has 71 heavy (non-hydrogen) atoms. The summed E-state index contributed by atoms with van der Waals surface area (Å²) in [6.07, 6.45) is -5.14. The molecule has 1 aromatic carbocycles. The zero-order valence-electron chi connectivity index (χ0n) is 42.7. The molecule has 3 saturated carbocycles. The van der Waals surface area contributed by atoms with E-state index in [2.05, 4.69) is 0 Å². The summed E-state index contributed by atoms with van der Waals surface area (Å²) >= 11 is 0. The van der Waals surface area contributed by atoms with Crippen LogP contribution >= 0.6 is 0 Å². The number of aliphatic hydroxyl groups excluding tert-OH is 2. The summed E-state index contributed by atoms with van der Waals surface area (Å²) in [5.74, 6) is -3.34. The smallest absolute Gasteiger partial charge is 0.331 e. The minimum atomic E-state index is -1.89. The average Bonchev–Trinajstić information content (AvgIpc) is 3.62. The maximum Gasteiger partial charge on any atom is 0.331 e. The molecular weight excluding hydrogens is 925 g/mol. The Balaban J connectivity index is 0.969. The molecule has 0 aromatic heterocycles. The molecule has 1 aromatic rings. The molecule has 3 aliphatic heterocycles. The SMILES string of the molecule is CO[C@H]1[C@@H](O)[C@H](O[C@@H]2[C@@H](C)O[C@@H](O[C@H]3[C@@H](OC)C[C@H](O[C@H]4CC[C@@]5(C)C(=CC[C@]6(O)[C@@H]5[C@H](OC(=O)/C=C/c5ccccc5)[C@@H](OC(C)=O)[C@@]5(C)[C@@H](C(C)=O)CC[C@@]56O)C4)O[C@@H]3C)C[C@H]2OC)O[C@H](C)[C@H]1O. The van der Waals surface area contributed by atoms with Crippen LogP contribution in [-0.2, 0) is 66.5 Å². The van der Waals surface area contributed by atoms with Gasteiger partial charge >= 0.3 is 11.9 Å². The Morgan fingerprint density at radius 2 is 1.37 bits per heavy atom. The van der Waals surface area contributed by atoms with E-state index in [-0.39, 0.29) is 37.6 Å². The quantitative estimate of drug-likeness (QED) is 0.117. The van der Waals surface area contributed by atoms with Crippen molar-refractivity contribution in [3.63, 3.8) is 0 Å². The molecule has 6 fully saturated rings. The molecule has 22 atom stereocenters. The number of rotatable bonds is 14. The van der Waals surface area contributed by atoms with Crippen molar-refractivity contribution in [3.05, 3.63) is 53.6 Å². The zero-order valence-corrected chi connectivity index (χ0v) is 42.7. The highest BCUT2D eigenvalue weighted by Gasteiger charge is 2.80. The van der Waals surface area contributed by atoms with Crippen LogP contribution < -0.4 is 0 Å². The number of aliphatic hydroxyl groups is 4. The molecule has 0 amide bonds. The second kappa shape index (κ2) is 21.2. The van der Waals surface area contributed by atoms with E-state index in [1.807, 2.05) is 57.2 Å². The molecule has 396 valence electrons. The second-order valence-electron chi connectivity index (χ2n) is 21.4. The van der Waals surface area contributed by atoms with Crippen LogP contribution in [0.15, 0.2) is 48.1 Å². The molecule has 7 aliphatic rings. The highest BCUT2D eigenvalue weighted by Crippen LogP contribution is 2.70. The number of esters is 2. The Kier molecular flexibility index (Phi) is 16.1. The Labute approximate surface area is 416 Å². The van der Waals surface area contributed by atoms with Gasteiger partial charge in [0.15, 0.2) is 18.9 Å². The van der Waals surface area contributed by atoms with E-state index in [1.165, 1.54) is 27.0 Å². The number of ether oxygens (including phenoxy) is 11. The van der Waals surface area contributed by atoms with Gasteiger partial charge in [-0.2, -0.15) is 0 Å². The number of Topliss-reactive ketones (excluding diaryl/α,β-unsaturated/α-hetero) is 1. The first-order chi connectivity index (χ1) is 33.6. The van der Waals surface area contributed by atoms with Gasteiger partial charge in [-0.1, -0.05) is 55.8 Å². The third kappa shape index (κ3) is 9.73. The molecular formula is C53H76O18. The van der Waals surface area contributed by atoms with Crippen molar-refractivity contribution in [1.82, 2.24) is 0 Å². The van der Waals surface area contributed by atoms with Crippen LogP contribution in [0.3, 0.4) is 0 Å². The molecule has 18 nitrogen and oxygen atoms in total. The van der Waals surface area contributed by atoms with Gasteiger partial charge in [-0.15, -0.1) is 0 Å². The van der Waals surface area contributed by atoms with Crippen LogP contribution in [0, 0.1) is 22.7 Å². The zero-order chi connectivity index (χ0) is 51.4. The summed E-state index contributed by atoms with van der Waals surface area (Å²) < 4.78 is 68.1. The van der Waals surface area contributed by atoms with Crippen LogP contribution in [0.5, 0.6) is 0 Å². The number of carbonyl (C=O) groups is 3. The van der Waals surface area contributed by atoms with Gasteiger partial charge in [0.2, 0.25) is 0 Å². The summed E-state index contributed by atoms with van der Waals surface area (Å²) in [5.41, 5.74) is -4.45. The van der Waals surface area contributed by atoms with Gasteiger partial charge in [0.1, 0.15) is 59.7 Å². The monoisotopic (exact) mass is 1000 g/mol. The van der Waals surface area contributed by atoms with Gasteiger partial charge in [-0.05, 0) is 83.3 Å². The number of benzene rings is 1. The second-order valence-corrected chi connectivity index (χ2v) is 21.4. The van der Waals surface area contributed by atoms with Crippen LogP contribution in [0.1, 0.15) is 105 Å². The Morgan fingerprint density at radius 3 is 1.97 bits per heavy atom.